The number of carbonyl (C=O) groups excluding carboxylic acids is 1. The maximum absolute atomic E-state index is 12.7. The minimum Gasteiger partial charge on any atom is -0.506 e. The number of phenolic OH excluding ortho intramolecular Hbond substituents is 1. The third kappa shape index (κ3) is 4.09. The van der Waals surface area contributed by atoms with Crippen LogP contribution in [0.15, 0.2) is 48.5 Å². The molecule has 3 aromatic rings. The van der Waals surface area contributed by atoms with Crippen LogP contribution < -0.4 is 5.32 Å². The Morgan fingerprint density at radius 2 is 1.79 bits per heavy atom. The second-order valence-electron chi connectivity index (χ2n) is 8.10. The molecular weight excluding hydrogens is 350 g/mol. The first kappa shape index (κ1) is 19.7. The lowest BCUT2D eigenvalue weighted by Crippen LogP contribution is -2.17. The van der Waals surface area contributed by atoms with Crippen molar-refractivity contribution in [3.8, 4) is 11.4 Å². The van der Waals surface area contributed by atoms with E-state index in [1.165, 1.54) is 0 Å². The molecule has 1 aromatic heterocycles. The summed E-state index contributed by atoms with van der Waals surface area (Å²) in [5.74, 6) is -0.116. The average molecular weight is 377 g/mol. The summed E-state index contributed by atoms with van der Waals surface area (Å²) in [4.78, 5) is 12.7. The Bertz CT molecular complexity index is 999. The van der Waals surface area contributed by atoms with Gasteiger partial charge in [0.2, 0.25) is 5.91 Å². The number of benzene rings is 2. The number of aromatic nitrogens is 2. The minimum absolute atomic E-state index is 0.0646. The van der Waals surface area contributed by atoms with E-state index in [2.05, 4.69) is 31.2 Å². The summed E-state index contributed by atoms with van der Waals surface area (Å²) in [5.41, 5.74) is 5.03. The molecule has 5 heteroatoms. The Balaban J connectivity index is 1.82. The topological polar surface area (TPSA) is 67.2 Å². The van der Waals surface area contributed by atoms with Crippen molar-refractivity contribution in [3.63, 3.8) is 0 Å². The molecule has 3 rings (SSSR count). The van der Waals surface area contributed by atoms with Crippen LogP contribution in [-0.4, -0.2) is 20.8 Å². The van der Waals surface area contributed by atoms with Crippen molar-refractivity contribution in [3.05, 3.63) is 71.0 Å². The molecule has 1 heterocycles. The molecule has 0 saturated carbocycles. The van der Waals surface area contributed by atoms with Crippen molar-refractivity contribution in [1.29, 1.82) is 0 Å². The maximum atomic E-state index is 12.7. The van der Waals surface area contributed by atoms with Crippen molar-refractivity contribution in [2.75, 3.05) is 5.32 Å². The first-order valence-corrected chi connectivity index (χ1v) is 9.40. The van der Waals surface area contributed by atoms with Crippen LogP contribution in [0.5, 0.6) is 5.75 Å². The van der Waals surface area contributed by atoms with Crippen LogP contribution >= 0.6 is 0 Å². The zero-order valence-electron chi connectivity index (χ0n) is 17.1. The Morgan fingerprint density at radius 1 is 1.11 bits per heavy atom. The highest BCUT2D eigenvalue weighted by Crippen LogP contribution is 2.31. The van der Waals surface area contributed by atoms with E-state index in [4.69, 9.17) is 0 Å². The van der Waals surface area contributed by atoms with Crippen molar-refractivity contribution >= 4 is 11.6 Å². The molecule has 0 saturated heterocycles. The average Bonchev–Trinajstić information content (AvgIpc) is 2.91. The van der Waals surface area contributed by atoms with Crippen LogP contribution in [0.3, 0.4) is 0 Å². The van der Waals surface area contributed by atoms with Crippen molar-refractivity contribution in [2.24, 2.45) is 0 Å². The number of nitrogens with zero attached hydrogens (tertiary/aromatic N) is 2. The van der Waals surface area contributed by atoms with Gasteiger partial charge in [0, 0.05) is 11.3 Å². The Hall–Kier alpha value is -3.08. The Morgan fingerprint density at radius 3 is 2.43 bits per heavy atom. The van der Waals surface area contributed by atoms with Crippen LogP contribution in [0.1, 0.15) is 43.3 Å². The molecule has 0 aliphatic heterocycles. The fourth-order valence-electron chi connectivity index (χ4n) is 3.21. The summed E-state index contributed by atoms with van der Waals surface area (Å²) in [6, 6.07) is 15.2. The van der Waals surface area contributed by atoms with Crippen LogP contribution in [-0.2, 0) is 16.6 Å². The predicted octanol–water partition coefficient (Wildman–Crippen LogP) is 4.67. The SMILES string of the molecule is Cc1nn(-c2ccccc2)c(C)c1CC(=O)Nc1cc(C(C)(C)C)ccc1O. The van der Waals surface area contributed by atoms with Crippen molar-refractivity contribution in [1.82, 2.24) is 9.78 Å². The van der Waals surface area contributed by atoms with E-state index >= 15 is 0 Å². The van der Waals surface area contributed by atoms with Crippen molar-refractivity contribution < 1.29 is 9.90 Å². The highest BCUT2D eigenvalue weighted by atomic mass is 16.3. The molecule has 146 valence electrons. The molecule has 0 fully saturated rings. The third-order valence-electron chi connectivity index (χ3n) is 4.92. The summed E-state index contributed by atoms with van der Waals surface area (Å²) in [7, 11) is 0. The van der Waals surface area contributed by atoms with Crippen LogP contribution in [0.25, 0.3) is 5.69 Å². The number of aromatic hydroxyl groups is 1. The summed E-state index contributed by atoms with van der Waals surface area (Å²) in [6.45, 7) is 10.2. The highest BCUT2D eigenvalue weighted by Gasteiger charge is 2.19. The zero-order chi connectivity index (χ0) is 20.5. The molecule has 0 unspecified atom stereocenters. The van der Waals surface area contributed by atoms with Gasteiger partial charge in [0.05, 0.1) is 23.5 Å². The van der Waals surface area contributed by atoms with Crippen LogP contribution in [0, 0.1) is 13.8 Å². The summed E-state index contributed by atoms with van der Waals surface area (Å²) in [5, 5.41) is 17.6. The molecule has 2 N–H and O–H groups in total. The van der Waals surface area contributed by atoms with E-state index in [-0.39, 0.29) is 23.5 Å². The fourth-order valence-corrected chi connectivity index (χ4v) is 3.21. The number of para-hydroxylation sites is 1. The molecular formula is C23H27N3O2. The van der Waals surface area contributed by atoms with Gasteiger partial charge in [-0.25, -0.2) is 4.68 Å². The van der Waals surface area contributed by atoms with Gasteiger partial charge in [-0.2, -0.15) is 5.10 Å². The van der Waals surface area contributed by atoms with E-state index in [1.54, 1.807) is 6.07 Å². The highest BCUT2D eigenvalue weighted by molar-refractivity contribution is 5.94. The summed E-state index contributed by atoms with van der Waals surface area (Å²) >= 11 is 0. The second kappa shape index (κ2) is 7.50. The zero-order valence-corrected chi connectivity index (χ0v) is 17.1. The quantitative estimate of drug-likeness (QED) is 0.649. The number of phenols is 1. The van der Waals surface area contributed by atoms with Gasteiger partial charge in [0.25, 0.3) is 0 Å². The monoisotopic (exact) mass is 377 g/mol. The van der Waals surface area contributed by atoms with E-state index in [9.17, 15) is 9.90 Å². The number of anilines is 1. The fraction of sp³-hybridized carbons (Fsp3) is 0.304. The Labute approximate surface area is 166 Å². The minimum atomic E-state index is -0.180. The first-order chi connectivity index (χ1) is 13.2. The molecule has 0 bridgehead atoms. The van der Waals surface area contributed by atoms with E-state index in [1.807, 2.05) is 61.0 Å². The number of hydrogen-bond donors (Lipinski definition) is 2. The molecule has 2 aromatic carbocycles. The standard InChI is InChI=1S/C23H27N3O2/c1-15-19(16(2)26(25-15)18-9-7-6-8-10-18)14-22(28)24-20-13-17(23(3,4)5)11-12-21(20)27/h6-13,27H,14H2,1-5H3,(H,24,28). The van der Waals surface area contributed by atoms with Gasteiger partial charge in [-0.15, -0.1) is 0 Å². The van der Waals surface area contributed by atoms with Crippen LogP contribution in [0.4, 0.5) is 5.69 Å². The van der Waals surface area contributed by atoms with E-state index in [0.29, 0.717) is 5.69 Å². The molecule has 0 spiro atoms. The lowest BCUT2D eigenvalue weighted by Gasteiger charge is -2.20. The van der Waals surface area contributed by atoms with Gasteiger partial charge < -0.3 is 10.4 Å². The van der Waals surface area contributed by atoms with Crippen LogP contribution in [0.2, 0.25) is 0 Å². The van der Waals surface area contributed by atoms with Gasteiger partial charge in [0.15, 0.2) is 0 Å². The maximum Gasteiger partial charge on any atom is 0.229 e. The van der Waals surface area contributed by atoms with Gasteiger partial charge in [-0.05, 0) is 49.1 Å². The number of rotatable bonds is 4. The third-order valence-corrected chi connectivity index (χ3v) is 4.92. The lowest BCUT2D eigenvalue weighted by molar-refractivity contribution is -0.115. The normalized spacial score (nSPS) is 11.5. The second-order valence-corrected chi connectivity index (χ2v) is 8.10. The number of carbonyl (C=O) groups is 1. The smallest absolute Gasteiger partial charge is 0.229 e. The largest absolute Gasteiger partial charge is 0.506 e. The van der Waals surface area contributed by atoms with Gasteiger partial charge in [-0.3, -0.25) is 4.79 Å². The van der Waals surface area contributed by atoms with Gasteiger partial charge in [-0.1, -0.05) is 45.0 Å². The molecule has 0 atom stereocenters. The molecule has 28 heavy (non-hydrogen) atoms. The van der Waals surface area contributed by atoms with Gasteiger partial charge in [0.1, 0.15) is 5.75 Å². The first-order valence-electron chi connectivity index (χ1n) is 9.40. The lowest BCUT2D eigenvalue weighted by atomic mass is 9.87. The molecule has 0 aliphatic carbocycles. The molecule has 0 aliphatic rings. The number of aryl methyl sites for hydroxylation is 1. The number of hydrogen-bond acceptors (Lipinski definition) is 3. The predicted molar refractivity (Wildman–Crippen MR) is 112 cm³/mol. The number of nitrogens with one attached hydrogen (secondary N) is 1. The summed E-state index contributed by atoms with van der Waals surface area (Å²) in [6.07, 6.45) is 0.198. The van der Waals surface area contributed by atoms with Crippen molar-refractivity contribution in [2.45, 2.75) is 46.5 Å². The molecule has 1 amide bonds. The van der Waals surface area contributed by atoms with E-state index in [0.717, 1.165) is 28.2 Å². The van der Waals surface area contributed by atoms with E-state index < -0.39 is 0 Å². The summed E-state index contributed by atoms with van der Waals surface area (Å²) < 4.78 is 1.86. The Kier molecular flexibility index (Phi) is 5.27. The number of amides is 1. The van der Waals surface area contributed by atoms with Gasteiger partial charge >= 0.3 is 0 Å². The molecule has 0 radical (unpaired) electrons. The molecule has 5 nitrogen and oxygen atoms in total.